The zero-order valence-electron chi connectivity index (χ0n) is 7.15. The van der Waals surface area contributed by atoms with Gasteiger partial charge in [-0.2, -0.15) is 0 Å². The highest BCUT2D eigenvalue weighted by Crippen LogP contribution is 2.28. The van der Waals surface area contributed by atoms with E-state index in [1.165, 1.54) is 18.5 Å². The lowest BCUT2D eigenvalue weighted by molar-refractivity contribution is -0.385. The normalized spacial score (nSPS) is 10.5. The SMILES string of the molecule is O=[N+]([O-])c1cnc2c(Br)cnc(Cl)c2c1. The summed E-state index contributed by atoms with van der Waals surface area (Å²) >= 11 is 9.05. The highest BCUT2D eigenvalue weighted by molar-refractivity contribution is 9.10. The molecular formula is C8H3BrClN3O2. The number of halogens is 2. The van der Waals surface area contributed by atoms with E-state index >= 15 is 0 Å². The zero-order chi connectivity index (χ0) is 11.0. The van der Waals surface area contributed by atoms with Crippen molar-refractivity contribution in [2.24, 2.45) is 0 Å². The molecule has 2 aromatic rings. The molecule has 2 heterocycles. The highest BCUT2D eigenvalue weighted by atomic mass is 79.9. The topological polar surface area (TPSA) is 68.9 Å². The minimum absolute atomic E-state index is 0.107. The third-order valence-electron chi connectivity index (χ3n) is 1.82. The van der Waals surface area contributed by atoms with Gasteiger partial charge in [-0.15, -0.1) is 0 Å². The predicted molar refractivity (Wildman–Crippen MR) is 58.9 cm³/mol. The van der Waals surface area contributed by atoms with Gasteiger partial charge in [0.25, 0.3) is 5.69 Å². The summed E-state index contributed by atoms with van der Waals surface area (Å²) in [6.45, 7) is 0. The molecule has 0 unspecified atom stereocenters. The lowest BCUT2D eigenvalue weighted by Crippen LogP contribution is -1.91. The summed E-state index contributed by atoms with van der Waals surface area (Å²) in [6.07, 6.45) is 2.69. The second-order valence-electron chi connectivity index (χ2n) is 2.74. The van der Waals surface area contributed by atoms with E-state index in [4.69, 9.17) is 11.6 Å². The largest absolute Gasteiger partial charge is 0.288 e. The van der Waals surface area contributed by atoms with Crippen LogP contribution in [0.1, 0.15) is 0 Å². The van der Waals surface area contributed by atoms with Gasteiger partial charge in [0.2, 0.25) is 0 Å². The zero-order valence-corrected chi connectivity index (χ0v) is 9.49. The second kappa shape index (κ2) is 3.71. The van der Waals surface area contributed by atoms with Gasteiger partial charge in [0, 0.05) is 17.6 Å². The van der Waals surface area contributed by atoms with E-state index in [1.54, 1.807) is 0 Å². The number of rotatable bonds is 1. The maximum absolute atomic E-state index is 10.5. The van der Waals surface area contributed by atoms with E-state index < -0.39 is 4.92 Å². The minimum Gasteiger partial charge on any atom is -0.258 e. The molecule has 0 N–H and O–H groups in total. The first-order valence-corrected chi connectivity index (χ1v) is 5.01. The summed E-state index contributed by atoms with van der Waals surface area (Å²) in [7, 11) is 0. The van der Waals surface area contributed by atoms with Crippen molar-refractivity contribution in [2.45, 2.75) is 0 Å². The molecule has 2 aromatic heterocycles. The summed E-state index contributed by atoms with van der Waals surface area (Å²) in [5.74, 6) is 0. The van der Waals surface area contributed by atoms with E-state index in [0.717, 1.165) is 0 Å². The molecule has 0 saturated heterocycles. The number of nitro groups is 1. The summed E-state index contributed by atoms with van der Waals surface area (Å²) in [5, 5.41) is 11.2. The highest BCUT2D eigenvalue weighted by Gasteiger charge is 2.11. The maximum Gasteiger partial charge on any atom is 0.288 e. The van der Waals surface area contributed by atoms with E-state index in [9.17, 15) is 10.1 Å². The molecule has 0 amide bonds. The van der Waals surface area contributed by atoms with Crippen molar-refractivity contribution in [3.8, 4) is 0 Å². The Morgan fingerprint density at radius 1 is 1.40 bits per heavy atom. The van der Waals surface area contributed by atoms with E-state index in [0.29, 0.717) is 15.4 Å². The summed E-state index contributed by atoms with van der Waals surface area (Å²) in [4.78, 5) is 17.8. The number of nitrogens with zero attached hydrogens (tertiary/aromatic N) is 3. The molecule has 0 spiro atoms. The van der Waals surface area contributed by atoms with E-state index in [2.05, 4.69) is 25.9 Å². The van der Waals surface area contributed by atoms with Crippen molar-refractivity contribution >= 4 is 44.1 Å². The Kier molecular flexibility index (Phi) is 2.54. The fraction of sp³-hybridized carbons (Fsp3) is 0. The van der Waals surface area contributed by atoms with E-state index in [1.807, 2.05) is 0 Å². The number of hydrogen-bond donors (Lipinski definition) is 0. The average molecular weight is 288 g/mol. The lowest BCUT2D eigenvalue weighted by atomic mass is 10.2. The number of hydrogen-bond acceptors (Lipinski definition) is 4. The molecule has 0 bridgehead atoms. The molecule has 0 aliphatic rings. The van der Waals surface area contributed by atoms with Crippen molar-refractivity contribution in [3.05, 3.63) is 38.2 Å². The van der Waals surface area contributed by atoms with Crippen LogP contribution in [0.2, 0.25) is 5.15 Å². The first-order chi connectivity index (χ1) is 7.09. The fourth-order valence-corrected chi connectivity index (χ4v) is 1.76. The van der Waals surface area contributed by atoms with Crippen LogP contribution in [0.5, 0.6) is 0 Å². The monoisotopic (exact) mass is 287 g/mol. The third-order valence-corrected chi connectivity index (χ3v) is 2.71. The van der Waals surface area contributed by atoms with Gasteiger partial charge in [-0.05, 0) is 15.9 Å². The molecule has 0 fully saturated rings. The van der Waals surface area contributed by atoms with Gasteiger partial charge >= 0.3 is 0 Å². The predicted octanol–water partition coefficient (Wildman–Crippen LogP) is 2.95. The average Bonchev–Trinajstić information content (AvgIpc) is 2.23. The van der Waals surface area contributed by atoms with Gasteiger partial charge in [-0.1, -0.05) is 11.6 Å². The Labute approximate surface area is 97.4 Å². The number of fused-ring (bicyclic) bond motifs is 1. The summed E-state index contributed by atoms with van der Waals surface area (Å²) in [6, 6.07) is 1.35. The summed E-state index contributed by atoms with van der Waals surface area (Å²) < 4.78 is 0.650. The molecular weight excluding hydrogens is 285 g/mol. The van der Waals surface area contributed by atoms with Crippen LogP contribution in [-0.4, -0.2) is 14.9 Å². The van der Waals surface area contributed by atoms with Gasteiger partial charge in [0.05, 0.1) is 14.9 Å². The van der Waals surface area contributed by atoms with Gasteiger partial charge < -0.3 is 0 Å². The number of pyridine rings is 2. The van der Waals surface area contributed by atoms with Crippen LogP contribution in [0.15, 0.2) is 22.9 Å². The van der Waals surface area contributed by atoms with Gasteiger partial charge in [-0.25, -0.2) is 9.97 Å². The first kappa shape index (κ1) is 10.3. The third kappa shape index (κ3) is 1.78. The number of aromatic nitrogens is 2. The Balaban J connectivity index is 2.81. The molecule has 0 aliphatic heterocycles. The summed E-state index contributed by atoms with van der Waals surface area (Å²) in [5.41, 5.74) is 0.449. The van der Waals surface area contributed by atoms with Crippen LogP contribution in [0.4, 0.5) is 5.69 Å². The van der Waals surface area contributed by atoms with Crippen molar-refractivity contribution < 1.29 is 4.92 Å². The molecule has 5 nitrogen and oxygen atoms in total. The maximum atomic E-state index is 10.5. The van der Waals surface area contributed by atoms with Crippen LogP contribution in [0.3, 0.4) is 0 Å². The van der Waals surface area contributed by atoms with Crippen molar-refractivity contribution in [2.75, 3.05) is 0 Å². The van der Waals surface area contributed by atoms with Crippen LogP contribution >= 0.6 is 27.5 Å². The smallest absolute Gasteiger partial charge is 0.258 e. The Morgan fingerprint density at radius 3 is 2.80 bits per heavy atom. The standard InChI is InChI=1S/C8H3BrClN3O2/c9-6-3-12-8(10)5-1-4(13(14)15)2-11-7(5)6/h1-3H. The lowest BCUT2D eigenvalue weighted by Gasteiger charge is -2.00. The van der Waals surface area contributed by atoms with Crippen LogP contribution in [-0.2, 0) is 0 Å². The molecule has 2 rings (SSSR count). The Morgan fingerprint density at radius 2 is 2.13 bits per heavy atom. The first-order valence-electron chi connectivity index (χ1n) is 3.84. The van der Waals surface area contributed by atoms with Crippen LogP contribution in [0.25, 0.3) is 10.9 Å². The van der Waals surface area contributed by atoms with Gasteiger partial charge in [0.1, 0.15) is 11.3 Å². The quantitative estimate of drug-likeness (QED) is 0.459. The molecule has 76 valence electrons. The molecule has 0 aliphatic carbocycles. The molecule has 0 radical (unpaired) electrons. The minimum atomic E-state index is -0.524. The van der Waals surface area contributed by atoms with Crippen molar-refractivity contribution in [1.82, 2.24) is 9.97 Å². The van der Waals surface area contributed by atoms with Crippen LogP contribution < -0.4 is 0 Å². The van der Waals surface area contributed by atoms with Gasteiger partial charge in [-0.3, -0.25) is 10.1 Å². The molecule has 0 atom stereocenters. The molecule has 15 heavy (non-hydrogen) atoms. The van der Waals surface area contributed by atoms with Crippen LogP contribution in [0, 0.1) is 10.1 Å². The van der Waals surface area contributed by atoms with Crippen molar-refractivity contribution in [3.63, 3.8) is 0 Å². The molecule has 0 aromatic carbocycles. The van der Waals surface area contributed by atoms with Gasteiger partial charge in [0.15, 0.2) is 0 Å². The van der Waals surface area contributed by atoms with Crippen molar-refractivity contribution in [1.29, 1.82) is 0 Å². The fourth-order valence-electron chi connectivity index (χ4n) is 1.15. The molecule has 7 heteroatoms. The Bertz CT molecular complexity index is 561. The molecule has 0 saturated carbocycles. The second-order valence-corrected chi connectivity index (χ2v) is 3.96. The van der Waals surface area contributed by atoms with E-state index in [-0.39, 0.29) is 10.8 Å². The Hall–Kier alpha value is -1.27.